The van der Waals surface area contributed by atoms with Gasteiger partial charge in [0.05, 0.1) is 5.69 Å². The van der Waals surface area contributed by atoms with Gasteiger partial charge in [-0.25, -0.2) is 17.6 Å². The van der Waals surface area contributed by atoms with Crippen molar-refractivity contribution in [1.29, 1.82) is 0 Å². The van der Waals surface area contributed by atoms with Crippen LogP contribution in [-0.2, 0) is 16.6 Å². The molecule has 0 bridgehead atoms. The van der Waals surface area contributed by atoms with Crippen LogP contribution in [-0.4, -0.2) is 49.8 Å². The van der Waals surface area contributed by atoms with Crippen molar-refractivity contribution in [2.75, 3.05) is 18.5 Å². The summed E-state index contributed by atoms with van der Waals surface area (Å²) in [6.07, 6.45) is 0.0444. The highest BCUT2D eigenvalue weighted by Gasteiger charge is 2.41. The van der Waals surface area contributed by atoms with Gasteiger partial charge in [-0.3, -0.25) is 0 Å². The van der Waals surface area contributed by atoms with Gasteiger partial charge in [-0.2, -0.15) is 4.31 Å². The summed E-state index contributed by atoms with van der Waals surface area (Å²) in [6, 6.07) is 18.0. The van der Waals surface area contributed by atoms with Crippen LogP contribution in [0.15, 0.2) is 77.7 Å². The molecule has 1 atom stereocenters. The molecule has 3 aromatic carbocycles. The van der Waals surface area contributed by atoms with E-state index in [-0.39, 0.29) is 39.7 Å². The number of carbonyl (C=O) groups is 1. The van der Waals surface area contributed by atoms with Crippen LogP contribution in [0.1, 0.15) is 47.3 Å². The first kappa shape index (κ1) is 33.7. The van der Waals surface area contributed by atoms with Gasteiger partial charge < -0.3 is 19.5 Å². The van der Waals surface area contributed by atoms with Crippen LogP contribution in [0.5, 0.6) is 11.5 Å². The summed E-state index contributed by atoms with van der Waals surface area (Å²) < 4.78 is 93.3. The molecule has 0 radical (unpaired) electrons. The lowest BCUT2D eigenvalue weighted by Crippen LogP contribution is -2.46. The van der Waals surface area contributed by atoms with E-state index < -0.39 is 38.8 Å². The van der Waals surface area contributed by atoms with Gasteiger partial charge in [-0.1, -0.05) is 49.6 Å². The fourth-order valence-corrected chi connectivity index (χ4v) is 8.93. The monoisotopic (exact) mass is 704 g/mol. The van der Waals surface area contributed by atoms with E-state index in [4.69, 9.17) is 4.74 Å². The molecule has 1 aromatic heterocycles. The number of anilines is 2. The number of benzene rings is 3. The second-order valence-electron chi connectivity index (χ2n) is 11.8. The first-order valence-electron chi connectivity index (χ1n) is 15.3. The third-order valence-electron chi connectivity index (χ3n) is 8.81. The average molecular weight is 705 g/mol. The summed E-state index contributed by atoms with van der Waals surface area (Å²) in [5.41, 5.74) is 1.70. The molecule has 254 valence electrons. The highest BCUT2D eigenvalue weighted by molar-refractivity contribution is 7.89. The van der Waals surface area contributed by atoms with Crippen LogP contribution >= 0.6 is 11.3 Å². The number of likely N-dealkylation sites (N-methyl/N-ethyl adjacent to an activating group) is 1. The lowest BCUT2D eigenvalue weighted by atomic mass is 9.83. The van der Waals surface area contributed by atoms with Crippen molar-refractivity contribution in [2.45, 2.75) is 56.0 Å². The number of para-hydroxylation sites is 1. The Morgan fingerprint density at radius 2 is 1.69 bits per heavy atom. The average Bonchev–Trinajstić information content (AvgIpc) is 3.42. The van der Waals surface area contributed by atoms with E-state index in [0.29, 0.717) is 29.1 Å². The molecule has 0 amide bonds. The zero-order chi connectivity index (χ0) is 34.2. The molecule has 48 heavy (non-hydrogen) atoms. The quantitative estimate of drug-likeness (QED) is 0.184. The number of sulfonamides is 1. The summed E-state index contributed by atoms with van der Waals surface area (Å²) in [5.74, 6) is -2.60. The van der Waals surface area contributed by atoms with Crippen molar-refractivity contribution < 1.29 is 45.4 Å². The highest BCUT2D eigenvalue weighted by Crippen LogP contribution is 2.47. The Morgan fingerprint density at radius 1 is 1.00 bits per heavy atom. The Labute approximate surface area is 279 Å². The van der Waals surface area contributed by atoms with Gasteiger partial charge in [0, 0.05) is 41.8 Å². The first-order valence-corrected chi connectivity index (χ1v) is 17.6. The lowest BCUT2D eigenvalue weighted by Gasteiger charge is -2.36. The molecule has 14 heteroatoms. The Bertz CT molecular complexity index is 1890. The Balaban J connectivity index is 1.48. The third kappa shape index (κ3) is 7.01. The number of aromatic carboxylic acids is 1. The molecule has 0 saturated heterocycles. The largest absolute Gasteiger partial charge is 0.573 e. The van der Waals surface area contributed by atoms with Crippen molar-refractivity contribution in [3.05, 3.63) is 89.1 Å². The maximum Gasteiger partial charge on any atom is 0.573 e. The van der Waals surface area contributed by atoms with Gasteiger partial charge in [-0.15, -0.1) is 24.5 Å². The standard InChI is InChI=1S/C34H32F4N2O6S2/c1-39-28(22-8-4-2-5-9-22)19-40(23-10-6-3-7-11-23)27-18-29(45-20-21-12-14-24(15-13-21)46-34(36,37)38)25(16-31(27)48(39,43)44)30-17-26(35)32(47-30)33(41)42/h3,6-7,10-18,22,28H,2,4-5,8-9,19-20H2,1H3,(H,41,42)/t28-/m0/s1. The minimum Gasteiger partial charge on any atom is -0.488 e. The van der Waals surface area contributed by atoms with Gasteiger partial charge in [0.25, 0.3) is 0 Å². The van der Waals surface area contributed by atoms with Crippen LogP contribution in [0.25, 0.3) is 10.4 Å². The zero-order valence-electron chi connectivity index (χ0n) is 25.7. The number of rotatable bonds is 8. The molecular weight excluding hydrogens is 673 g/mol. The van der Waals surface area contributed by atoms with E-state index in [2.05, 4.69) is 4.74 Å². The minimum absolute atomic E-state index is 0.0474. The van der Waals surface area contributed by atoms with E-state index in [1.54, 1.807) is 13.1 Å². The van der Waals surface area contributed by atoms with E-state index in [0.717, 1.165) is 56.0 Å². The van der Waals surface area contributed by atoms with Gasteiger partial charge in [-0.05, 0) is 60.7 Å². The number of thiophene rings is 1. The van der Waals surface area contributed by atoms with Gasteiger partial charge in [0.2, 0.25) is 10.0 Å². The fraction of sp³-hybridized carbons (Fsp3) is 0.324. The van der Waals surface area contributed by atoms with Crippen LogP contribution in [0.4, 0.5) is 28.9 Å². The molecule has 1 aliphatic carbocycles. The number of fused-ring (bicyclic) bond motifs is 1. The van der Waals surface area contributed by atoms with Crippen LogP contribution < -0.4 is 14.4 Å². The maximum atomic E-state index is 14.8. The second-order valence-corrected chi connectivity index (χ2v) is 14.8. The predicted octanol–water partition coefficient (Wildman–Crippen LogP) is 8.45. The molecule has 1 saturated carbocycles. The Kier molecular flexibility index (Phi) is 9.42. The molecular formula is C34H32F4N2O6S2. The van der Waals surface area contributed by atoms with Gasteiger partial charge >= 0.3 is 12.3 Å². The SMILES string of the molecule is CN1[C@H](C2CCCCC2)CN(c2ccccc2)c2cc(OCc3ccc(OC(F)(F)F)cc3)c(-c3cc(F)c(C(=O)O)s3)cc2S1(=O)=O. The first-order chi connectivity index (χ1) is 22.8. The molecule has 0 spiro atoms. The van der Waals surface area contributed by atoms with Crippen LogP contribution in [0, 0.1) is 11.7 Å². The zero-order valence-corrected chi connectivity index (χ0v) is 27.4. The molecule has 0 unspecified atom stereocenters. The number of ether oxygens (including phenoxy) is 2. The van der Waals surface area contributed by atoms with Crippen molar-refractivity contribution in [3.63, 3.8) is 0 Å². The topological polar surface area (TPSA) is 96.4 Å². The minimum atomic E-state index is -4.85. The molecule has 2 aliphatic rings. The summed E-state index contributed by atoms with van der Waals surface area (Å²) >= 11 is 0.641. The molecule has 6 rings (SSSR count). The van der Waals surface area contributed by atoms with E-state index in [1.807, 2.05) is 35.2 Å². The van der Waals surface area contributed by atoms with E-state index in [9.17, 15) is 35.9 Å². The Morgan fingerprint density at radius 3 is 2.31 bits per heavy atom. The van der Waals surface area contributed by atoms with Crippen LogP contribution in [0.2, 0.25) is 0 Å². The molecule has 4 aromatic rings. The van der Waals surface area contributed by atoms with Crippen LogP contribution in [0.3, 0.4) is 0 Å². The third-order valence-corrected chi connectivity index (χ3v) is 11.8. The summed E-state index contributed by atoms with van der Waals surface area (Å²) in [5, 5.41) is 9.55. The summed E-state index contributed by atoms with van der Waals surface area (Å²) in [7, 11) is -2.55. The number of hydrogen-bond acceptors (Lipinski definition) is 7. The van der Waals surface area contributed by atoms with Crippen molar-refractivity contribution >= 4 is 38.7 Å². The van der Waals surface area contributed by atoms with Gasteiger partial charge in [0.15, 0.2) is 0 Å². The van der Waals surface area contributed by atoms with Crippen molar-refractivity contribution in [3.8, 4) is 21.9 Å². The number of halogens is 4. The normalized spacial score (nSPS) is 18.6. The smallest absolute Gasteiger partial charge is 0.488 e. The number of hydrogen-bond donors (Lipinski definition) is 1. The molecule has 1 aliphatic heterocycles. The number of carboxylic acids is 1. The summed E-state index contributed by atoms with van der Waals surface area (Å²) in [6.45, 7) is 0.202. The number of carboxylic acid groups (broad SMARTS) is 1. The molecule has 1 fully saturated rings. The van der Waals surface area contributed by atoms with E-state index in [1.165, 1.54) is 22.5 Å². The van der Waals surface area contributed by atoms with Crippen molar-refractivity contribution in [1.82, 2.24) is 4.31 Å². The second kappa shape index (κ2) is 13.4. The number of nitrogens with zero attached hydrogens (tertiary/aromatic N) is 2. The summed E-state index contributed by atoms with van der Waals surface area (Å²) in [4.78, 5) is 13.2. The Hall–Kier alpha value is -4.14. The molecule has 2 heterocycles. The van der Waals surface area contributed by atoms with Gasteiger partial charge in [0.1, 0.15) is 33.7 Å². The molecule has 1 N–H and O–H groups in total. The molecule has 8 nitrogen and oxygen atoms in total. The predicted molar refractivity (Wildman–Crippen MR) is 173 cm³/mol. The number of alkyl halides is 3. The van der Waals surface area contributed by atoms with E-state index >= 15 is 0 Å². The highest BCUT2D eigenvalue weighted by atomic mass is 32.2. The van der Waals surface area contributed by atoms with Crippen molar-refractivity contribution in [2.24, 2.45) is 5.92 Å². The fourth-order valence-electron chi connectivity index (χ4n) is 6.43. The lowest BCUT2D eigenvalue weighted by molar-refractivity contribution is -0.274. The maximum absolute atomic E-state index is 14.8.